The molecule has 2 aliphatic heterocycles. The summed E-state index contributed by atoms with van der Waals surface area (Å²) < 4.78 is 0. The van der Waals surface area contributed by atoms with E-state index < -0.39 is 5.41 Å². The molecule has 0 aromatic heterocycles. The van der Waals surface area contributed by atoms with Crippen LogP contribution in [0.2, 0.25) is 5.02 Å². The van der Waals surface area contributed by atoms with Gasteiger partial charge in [0.2, 0.25) is 5.91 Å². The van der Waals surface area contributed by atoms with Gasteiger partial charge in [0.1, 0.15) is 0 Å². The van der Waals surface area contributed by atoms with E-state index in [0.717, 1.165) is 46.5 Å². The van der Waals surface area contributed by atoms with Crippen molar-refractivity contribution in [2.45, 2.75) is 38.5 Å². The normalized spacial score (nSPS) is 21.4. The zero-order valence-electron chi connectivity index (χ0n) is 20.1. The Morgan fingerprint density at radius 2 is 1.89 bits per heavy atom. The Kier molecular flexibility index (Phi) is 6.28. The number of piperidine rings is 1. The molecule has 35 heavy (non-hydrogen) atoms. The lowest BCUT2D eigenvalue weighted by molar-refractivity contribution is -0.123. The van der Waals surface area contributed by atoms with Crippen LogP contribution >= 0.6 is 11.6 Å². The summed E-state index contributed by atoms with van der Waals surface area (Å²) in [4.78, 5) is 28.8. The number of aryl methyl sites for hydroxylation is 2. The van der Waals surface area contributed by atoms with Gasteiger partial charge >= 0.3 is 6.03 Å². The van der Waals surface area contributed by atoms with Gasteiger partial charge in [-0.3, -0.25) is 4.79 Å². The predicted molar refractivity (Wildman–Crippen MR) is 141 cm³/mol. The molecular weight excluding hydrogens is 458 g/mol. The van der Waals surface area contributed by atoms with Gasteiger partial charge in [-0.05, 0) is 74.4 Å². The van der Waals surface area contributed by atoms with Crippen LogP contribution < -0.4 is 10.6 Å². The van der Waals surface area contributed by atoms with E-state index in [9.17, 15) is 9.59 Å². The van der Waals surface area contributed by atoms with Crippen LogP contribution in [-0.2, 0) is 16.6 Å². The lowest BCUT2D eigenvalue weighted by Crippen LogP contribution is -2.52. The summed E-state index contributed by atoms with van der Waals surface area (Å²) >= 11 is 6.27. The molecule has 1 saturated heterocycles. The first kappa shape index (κ1) is 23.4. The van der Waals surface area contributed by atoms with Crippen molar-refractivity contribution >= 4 is 34.9 Å². The number of hydrogen-bond donors (Lipinski definition) is 2. The maximum atomic E-state index is 13.8. The molecule has 1 fully saturated rings. The van der Waals surface area contributed by atoms with E-state index in [1.807, 2.05) is 60.4 Å². The number of halogens is 1. The van der Waals surface area contributed by atoms with Crippen LogP contribution in [0.1, 0.15) is 35.1 Å². The van der Waals surface area contributed by atoms with E-state index >= 15 is 0 Å². The molecule has 3 aromatic rings. The molecule has 2 atom stereocenters. The maximum absolute atomic E-state index is 13.8. The smallest absolute Gasteiger partial charge is 0.321 e. The topological polar surface area (TPSA) is 61.4 Å². The molecular formula is C29H30ClN3O2. The summed E-state index contributed by atoms with van der Waals surface area (Å²) in [7, 11) is 0. The highest BCUT2D eigenvalue weighted by molar-refractivity contribution is 6.31. The van der Waals surface area contributed by atoms with Crippen molar-refractivity contribution in [1.29, 1.82) is 0 Å². The van der Waals surface area contributed by atoms with Gasteiger partial charge < -0.3 is 15.5 Å². The number of hydrogen-bond acceptors (Lipinski definition) is 2. The highest BCUT2D eigenvalue weighted by atomic mass is 35.5. The van der Waals surface area contributed by atoms with Crippen LogP contribution in [0.25, 0.3) is 0 Å². The molecule has 0 spiro atoms. The van der Waals surface area contributed by atoms with Crippen LogP contribution in [0, 0.1) is 19.8 Å². The van der Waals surface area contributed by atoms with Crippen molar-refractivity contribution in [3.8, 4) is 0 Å². The number of carbonyl (C=O) groups is 2. The Morgan fingerprint density at radius 1 is 1.09 bits per heavy atom. The first-order chi connectivity index (χ1) is 16.8. The average molecular weight is 488 g/mol. The standard InChI is InChI=1S/C29H30ClN3O2/c1-19-8-11-24(12-9-19)31-28(35)33-14-4-7-22(18-33)29(17-21-6-3-5-20(2)15-21)25-13-10-23(30)16-26(25)32-27(29)34/h3,5-6,8-13,15-16,22H,4,7,14,17-18H2,1-2H3,(H,31,35)(H,32,34). The Hall–Kier alpha value is -3.31. The van der Waals surface area contributed by atoms with Gasteiger partial charge in [-0.15, -0.1) is 0 Å². The number of carbonyl (C=O) groups excluding carboxylic acids is 2. The molecule has 6 heteroatoms. The zero-order chi connectivity index (χ0) is 24.6. The van der Waals surface area contributed by atoms with Crippen molar-refractivity contribution in [3.63, 3.8) is 0 Å². The highest BCUT2D eigenvalue weighted by Gasteiger charge is 2.53. The fourth-order valence-electron chi connectivity index (χ4n) is 5.64. The summed E-state index contributed by atoms with van der Waals surface area (Å²) in [6.45, 7) is 5.27. The minimum Gasteiger partial charge on any atom is -0.325 e. The summed E-state index contributed by atoms with van der Waals surface area (Å²) in [5.41, 5.74) is 5.17. The number of urea groups is 1. The van der Waals surface area contributed by atoms with E-state index in [1.165, 1.54) is 0 Å². The van der Waals surface area contributed by atoms with Gasteiger partial charge in [0.05, 0.1) is 5.41 Å². The van der Waals surface area contributed by atoms with Crippen molar-refractivity contribution < 1.29 is 9.59 Å². The molecule has 3 aromatic carbocycles. The number of benzene rings is 3. The Balaban J connectivity index is 1.48. The second kappa shape index (κ2) is 9.38. The number of likely N-dealkylation sites (tertiary alicyclic amines) is 1. The average Bonchev–Trinajstić information content (AvgIpc) is 3.11. The number of amides is 3. The number of rotatable bonds is 4. The van der Waals surface area contributed by atoms with Crippen LogP contribution in [0.4, 0.5) is 16.2 Å². The monoisotopic (exact) mass is 487 g/mol. The highest BCUT2D eigenvalue weighted by Crippen LogP contribution is 2.49. The molecule has 3 amide bonds. The quantitative estimate of drug-likeness (QED) is 0.451. The Morgan fingerprint density at radius 3 is 2.66 bits per heavy atom. The molecule has 5 nitrogen and oxygen atoms in total. The van der Waals surface area contributed by atoms with Gasteiger partial charge in [-0.2, -0.15) is 0 Å². The third kappa shape index (κ3) is 4.53. The lowest BCUT2D eigenvalue weighted by Gasteiger charge is -2.42. The minimum atomic E-state index is -0.767. The van der Waals surface area contributed by atoms with Crippen LogP contribution in [-0.4, -0.2) is 29.9 Å². The number of anilines is 2. The Bertz CT molecular complexity index is 1270. The van der Waals surface area contributed by atoms with Crippen molar-refractivity contribution in [2.24, 2.45) is 5.92 Å². The van der Waals surface area contributed by atoms with Crippen molar-refractivity contribution in [3.05, 3.63) is 94.0 Å². The summed E-state index contributed by atoms with van der Waals surface area (Å²) in [6, 6.07) is 21.7. The third-order valence-corrected chi connectivity index (χ3v) is 7.62. The molecule has 2 heterocycles. The number of fused-ring (bicyclic) bond motifs is 1. The van der Waals surface area contributed by atoms with Gasteiger partial charge in [0.15, 0.2) is 0 Å². The molecule has 0 aliphatic carbocycles. The number of nitrogens with one attached hydrogen (secondary N) is 2. The molecule has 2 unspecified atom stereocenters. The molecule has 0 radical (unpaired) electrons. The predicted octanol–water partition coefficient (Wildman–Crippen LogP) is 6.33. The fourth-order valence-corrected chi connectivity index (χ4v) is 5.81. The Labute approximate surface area is 211 Å². The first-order valence-corrected chi connectivity index (χ1v) is 12.5. The molecule has 180 valence electrons. The van der Waals surface area contributed by atoms with E-state index in [2.05, 4.69) is 35.8 Å². The molecule has 2 aliphatic rings. The van der Waals surface area contributed by atoms with Gasteiger partial charge in [0.25, 0.3) is 0 Å². The summed E-state index contributed by atoms with van der Waals surface area (Å²) in [5.74, 6) is -0.0370. The van der Waals surface area contributed by atoms with E-state index in [0.29, 0.717) is 24.5 Å². The number of nitrogens with zero attached hydrogens (tertiary/aromatic N) is 1. The van der Waals surface area contributed by atoms with E-state index in [-0.39, 0.29) is 17.9 Å². The largest absolute Gasteiger partial charge is 0.325 e. The van der Waals surface area contributed by atoms with E-state index in [4.69, 9.17) is 11.6 Å². The lowest BCUT2D eigenvalue weighted by atomic mass is 9.65. The van der Waals surface area contributed by atoms with Gasteiger partial charge in [-0.1, -0.05) is 65.2 Å². The summed E-state index contributed by atoms with van der Waals surface area (Å²) in [6.07, 6.45) is 2.29. The second-order valence-corrected chi connectivity index (χ2v) is 10.3. The van der Waals surface area contributed by atoms with Crippen LogP contribution in [0.15, 0.2) is 66.7 Å². The fraction of sp³-hybridized carbons (Fsp3) is 0.310. The third-order valence-electron chi connectivity index (χ3n) is 7.39. The first-order valence-electron chi connectivity index (χ1n) is 12.1. The second-order valence-electron chi connectivity index (χ2n) is 9.86. The SMILES string of the molecule is Cc1ccc(NC(=O)N2CCCC(C3(Cc4cccc(C)c4)C(=O)Nc4cc(Cl)ccc43)C2)cc1. The molecule has 0 bridgehead atoms. The molecule has 2 N–H and O–H groups in total. The van der Waals surface area contributed by atoms with Crippen LogP contribution in [0.3, 0.4) is 0 Å². The van der Waals surface area contributed by atoms with Crippen molar-refractivity contribution in [1.82, 2.24) is 4.90 Å². The summed E-state index contributed by atoms with van der Waals surface area (Å²) in [5, 5.41) is 6.73. The minimum absolute atomic E-state index is 0.0120. The molecule has 5 rings (SSSR count). The molecule has 0 saturated carbocycles. The van der Waals surface area contributed by atoms with Crippen molar-refractivity contribution in [2.75, 3.05) is 23.7 Å². The van der Waals surface area contributed by atoms with Crippen LogP contribution in [0.5, 0.6) is 0 Å². The van der Waals surface area contributed by atoms with E-state index in [1.54, 1.807) is 0 Å². The maximum Gasteiger partial charge on any atom is 0.321 e. The van der Waals surface area contributed by atoms with Gasteiger partial charge in [0, 0.05) is 29.5 Å². The van der Waals surface area contributed by atoms with Gasteiger partial charge in [-0.25, -0.2) is 4.79 Å². The zero-order valence-corrected chi connectivity index (χ0v) is 20.9.